The van der Waals surface area contributed by atoms with Crippen LogP contribution in [0.4, 0.5) is 0 Å². The Labute approximate surface area is 154 Å². The summed E-state index contributed by atoms with van der Waals surface area (Å²) in [7, 11) is 0. The number of aryl methyl sites for hydroxylation is 1. The first-order valence-corrected chi connectivity index (χ1v) is 10.0. The van der Waals surface area contributed by atoms with Crippen molar-refractivity contribution in [2.24, 2.45) is 5.41 Å². The second-order valence-electron chi connectivity index (χ2n) is 8.25. The summed E-state index contributed by atoms with van der Waals surface area (Å²) in [5.41, 5.74) is -0.347. The lowest BCUT2D eigenvalue weighted by molar-refractivity contribution is -0.149. The van der Waals surface area contributed by atoms with E-state index in [0.29, 0.717) is 30.9 Å². The Kier molecular flexibility index (Phi) is 4.71. The van der Waals surface area contributed by atoms with Crippen LogP contribution in [-0.4, -0.2) is 62.5 Å². The maximum atomic E-state index is 13.3. The molecule has 4 rings (SSSR count). The van der Waals surface area contributed by atoms with Crippen molar-refractivity contribution in [1.82, 2.24) is 25.0 Å². The number of hydrogen-bond acceptors (Lipinski definition) is 4. The van der Waals surface area contributed by atoms with Gasteiger partial charge in [0.05, 0.1) is 11.8 Å². The molecule has 26 heavy (non-hydrogen) atoms. The number of rotatable bonds is 3. The van der Waals surface area contributed by atoms with E-state index in [9.17, 15) is 9.59 Å². The number of H-pyrrole nitrogens is 1. The highest BCUT2D eigenvalue weighted by molar-refractivity contribution is 5.86. The van der Waals surface area contributed by atoms with Gasteiger partial charge in [0.2, 0.25) is 11.8 Å². The zero-order valence-corrected chi connectivity index (χ0v) is 15.7. The van der Waals surface area contributed by atoms with Gasteiger partial charge < -0.3 is 9.80 Å². The summed E-state index contributed by atoms with van der Waals surface area (Å²) >= 11 is 0. The molecule has 1 atom stereocenters. The quantitative estimate of drug-likeness (QED) is 0.893. The molecule has 1 spiro atoms. The number of nitrogens with zero attached hydrogens (tertiary/aromatic N) is 4. The van der Waals surface area contributed by atoms with Gasteiger partial charge in [-0.2, -0.15) is 5.10 Å². The van der Waals surface area contributed by atoms with Gasteiger partial charge in [-0.1, -0.05) is 19.3 Å². The van der Waals surface area contributed by atoms with E-state index in [1.165, 1.54) is 19.3 Å². The Balaban J connectivity index is 1.42. The molecule has 1 aromatic heterocycles. The van der Waals surface area contributed by atoms with Gasteiger partial charge in [-0.15, -0.1) is 0 Å². The molecule has 2 amide bonds. The van der Waals surface area contributed by atoms with Crippen LogP contribution in [0, 0.1) is 12.3 Å². The molecular formula is C19H29N5O2. The van der Waals surface area contributed by atoms with Crippen LogP contribution in [0.5, 0.6) is 0 Å². The van der Waals surface area contributed by atoms with Gasteiger partial charge in [-0.3, -0.25) is 14.7 Å². The molecule has 7 heteroatoms. The first-order chi connectivity index (χ1) is 12.6. The van der Waals surface area contributed by atoms with E-state index in [1.807, 2.05) is 11.8 Å². The summed E-state index contributed by atoms with van der Waals surface area (Å²) in [6.07, 6.45) is 9.05. The fraction of sp³-hybridized carbons (Fsp3) is 0.789. The van der Waals surface area contributed by atoms with E-state index in [4.69, 9.17) is 0 Å². The zero-order chi connectivity index (χ0) is 18.1. The molecule has 1 aliphatic carbocycles. The highest BCUT2D eigenvalue weighted by Crippen LogP contribution is 2.42. The molecule has 0 radical (unpaired) electrons. The molecule has 142 valence electrons. The third-order valence-corrected chi connectivity index (χ3v) is 6.44. The van der Waals surface area contributed by atoms with Crippen LogP contribution in [-0.2, 0) is 16.0 Å². The van der Waals surface area contributed by atoms with Crippen molar-refractivity contribution in [2.45, 2.75) is 70.8 Å². The summed E-state index contributed by atoms with van der Waals surface area (Å²) in [4.78, 5) is 34.2. The minimum atomic E-state index is -0.347. The van der Waals surface area contributed by atoms with Crippen molar-refractivity contribution in [1.29, 1.82) is 0 Å². The van der Waals surface area contributed by atoms with Crippen molar-refractivity contribution in [3.05, 3.63) is 11.6 Å². The summed E-state index contributed by atoms with van der Waals surface area (Å²) in [5, 5.41) is 6.84. The Morgan fingerprint density at radius 1 is 1.19 bits per heavy atom. The summed E-state index contributed by atoms with van der Waals surface area (Å²) in [6, 6.07) is 0.425. The predicted molar refractivity (Wildman–Crippen MR) is 96.3 cm³/mol. The van der Waals surface area contributed by atoms with Crippen LogP contribution in [0.3, 0.4) is 0 Å². The van der Waals surface area contributed by atoms with Gasteiger partial charge in [0, 0.05) is 25.7 Å². The van der Waals surface area contributed by atoms with E-state index in [2.05, 4.69) is 20.1 Å². The van der Waals surface area contributed by atoms with Gasteiger partial charge in [0.25, 0.3) is 0 Å². The van der Waals surface area contributed by atoms with Crippen LogP contribution < -0.4 is 0 Å². The number of carbonyl (C=O) groups excluding carboxylic acids is 2. The molecule has 7 nitrogen and oxygen atoms in total. The average Bonchev–Trinajstić information content (AvgIpc) is 3.25. The summed E-state index contributed by atoms with van der Waals surface area (Å²) in [6.45, 7) is 3.96. The molecule has 1 aromatic rings. The maximum absolute atomic E-state index is 13.3. The Hall–Kier alpha value is -1.92. The number of hydrogen-bond donors (Lipinski definition) is 1. The number of aromatic nitrogens is 3. The molecule has 1 N–H and O–H groups in total. The third-order valence-electron chi connectivity index (χ3n) is 6.44. The van der Waals surface area contributed by atoms with E-state index >= 15 is 0 Å². The van der Waals surface area contributed by atoms with Crippen LogP contribution in [0.25, 0.3) is 0 Å². The number of nitrogens with one attached hydrogen (secondary N) is 1. The molecule has 3 heterocycles. The van der Waals surface area contributed by atoms with Gasteiger partial charge in [-0.25, -0.2) is 4.98 Å². The molecule has 3 aliphatic rings. The van der Waals surface area contributed by atoms with Gasteiger partial charge >= 0.3 is 0 Å². The van der Waals surface area contributed by atoms with Crippen molar-refractivity contribution in [3.63, 3.8) is 0 Å². The summed E-state index contributed by atoms with van der Waals surface area (Å²) < 4.78 is 0. The van der Waals surface area contributed by atoms with Crippen LogP contribution in [0.15, 0.2) is 0 Å². The average molecular weight is 359 g/mol. The van der Waals surface area contributed by atoms with Crippen molar-refractivity contribution in [3.8, 4) is 0 Å². The van der Waals surface area contributed by atoms with Crippen LogP contribution in [0.1, 0.15) is 63.0 Å². The molecule has 3 fully saturated rings. The second-order valence-corrected chi connectivity index (χ2v) is 8.25. The lowest BCUT2D eigenvalue weighted by Gasteiger charge is -2.44. The lowest BCUT2D eigenvalue weighted by Crippen LogP contribution is -2.54. The van der Waals surface area contributed by atoms with Crippen molar-refractivity contribution in [2.75, 3.05) is 19.6 Å². The molecule has 0 aromatic carbocycles. The Morgan fingerprint density at radius 2 is 2.00 bits per heavy atom. The molecular weight excluding hydrogens is 330 g/mol. The second kappa shape index (κ2) is 7.00. The molecule has 2 saturated heterocycles. The normalized spacial score (nSPS) is 27.5. The molecule has 2 aliphatic heterocycles. The fourth-order valence-corrected chi connectivity index (χ4v) is 5.02. The highest BCUT2D eigenvalue weighted by Gasteiger charge is 2.50. The first kappa shape index (κ1) is 17.5. The Bertz CT molecular complexity index is 681. The van der Waals surface area contributed by atoms with E-state index in [-0.39, 0.29) is 17.7 Å². The number of likely N-dealkylation sites (tertiary alicyclic amines) is 2. The number of carbonyl (C=O) groups is 2. The zero-order valence-electron chi connectivity index (χ0n) is 15.7. The van der Waals surface area contributed by atoms with E-state index < -0.39 is 0 Å². The topological polar surface area (TPSA) is 82.2 Å². The predicted octanol–water partition coefficient (Wildman–Crippen LogP) is 1.83. The van der Waals surface area contributed by atoms with Crippen molar-refractivity contribution >= 4 is 11.8 Å². The van der Waals surface area contributed by atoms with Crippen molar-refractivity contribution < 1.29 is 9.59 Å². The number of amides is 2. The fourth-order valence-electron chi connectivity index (χ4n) is 5.02. The van der Waals surface area contributed by atoms with Crippen LogP contribution in [0.2, 0.25) is 0 Å². The standard InChI is InChI=1S/C19H29N5O2/c1-14-20-16(22-21-14)12-17(25)23-11-9-19(13-23)8-5-10-24(18(19)26)15-6-3-2-4-7-15/h15H,2-13H2,1H3,(H,20,21,22)/t19-/m1/s1. The van der Waals surface area contributed by atoms with E-state index in [0.717, 1.165) is 44.5 Å². The summed E-state index contributed by atoms with van der Waals surface area (Å²) in [5.74, 6) is 1.59. The number of piperidine rings is 1. The maximum Gasteiger partial charge on any atom is 0.230 e. The van der Waals surface area contributed by atoms with Gasteiger partial charge in [-0.05, 0) is 39.0 Å². The van der Waals surface area contributed by atoms with Gasteiger partial charge in [0.1, 0.15) is 5.82 Å². The van der Waals surface area contributed by atoms with Gasteiger partial charge in [0.15, 0.2) is 5.82 Å². The number of aromatic amines is 1. The highest BCUT2D eigenvalue weighted by atomic mass is 16.2. The smallest absolute Gasteiger partial charge is 0.230 e. The van der Waals surface area contributed by atoms with Crippen LogP contribution >= 0.6 is 0 Å². The molecule has 0 bridgehead atoms. The molecule has 0 unspecified atom stereocenters. The first-order valence-electron chi connectivity index (χ1n) is 10.0. The minimum Gasteiger partial charge on any atom is -0.341 e. The SMILES string of the molecule is Cc1nc(CC(=O)N2CC[C@]3(CCCN(C4CCCCC4)C3=O)C2)n[nH]1. The Morgan fingerprint density at radius 3 is 2.73 bits per heavy atom. The third kappa shape index (κ3) is 3.23. The van der Waals surface area contributed by atoms with E-state index in [1.54, 1.807) is 0 Å². The molecule has 1 saturated carbocycles. The lowest BCUT2D eigenvalue weighted by atomic mass is 9.77. The monoisotopic (exact) mass is 359 g/mol. The minimum absolute atomic E-state index is 0.0310. The largest absolute Gasteiger partial charge is 0.341 e.